The summed E-state index contributed by atoms with van der Waals surface area (Å²) in [4.78, 5) is 22.8. The maximum absolute atomic E-state index is 11.4. The molecule has 2 fully saturated rings. The molecule has 2 amide bonds. The van der Waals surface area contributed by atoms with Crippen molar-refractivity contribution in [2.75, 3.05) is 26.4 Å². The van der Waals surface area contributed by atoms with Crippen LogP contribution in [-0.2, 0) is 32.2 Å². The predicted molar refractivity (Wildman–Crippen MR) is 121 cm³/mol. The standard InChI is InChI=1S/2C12H15NO4/c2*14-11-8-16-7-10(11)13-12(15)17-6-9-4-2-1-3-5-9/h2*1-5,10-11,14H,6-8H2,(H,13,15)/t2*10-,11+/m10/s1. The van der Waals surface area contributed by atoms with Gasteiger partial charge >= 0.3 is 12.2 Å². The SMILES string of the molecule is O=C(N[C@@H]1COC[C@@H]1O)OCc1ccccc1.O=C(N[C@H]1COC[C@H]1O)OCc1ccccc1. The third-order valence-electron chi connectivity index (χ3n) is 5.13. The number of nitrogens with one attached hydrogen (secondary N) is 2. The number of rotatable bonds is 6. The van der Waals surface area contributed by atoms with Gasteiger partial charge < -0.3 is 39.8 Å². The van der Waals surface area contributed by atoms with E-state index in [4.69, 9.17) is 18.9 Å². The van der Waals surface area contributed by atoms with E-state index in [2.05, 4.69) is 10.6 Å². The van der Waals surface area contributed by atoms with Crippen LogP contribution in [0.1, 0.15) is 11.1 Å². The summed E-state index contributed by atoms with van der Waals surface area (Å²) in [5.41, 5.74) is 1.84. The van der Waals surface area contributed by atoms with Gasteiger partial charge in [-0.05, 0) is 11.1 Å². The monoisotopic (exact) mass is 474 g/mol. The van der Waals surface area contributed by atoms with Crippen molar-refractivity contribution in [2.24, 2.45) is 0 Å². The van der Waals surface area contributed by atoms with Gasteiger partial charge in [-0.15, -0.1) is 0 Å². The molecule has 0 aromatic heterocycles. The Labute approximate surface area is 197 Å². The normalized spacial score (nSPS) is 23.4. The average Bonchev–Trinajstić information content (AvgIpc) is 3.45. The maximum Gasteiger partial charge on any atom is 0.407 e. The molecule has 2 aromatic rings. The fourth-order valence-electron chi connectivity index (χ4n) is 3.19. The van der Waals surface area contributed by atoms with Gasteiger partial charge in [0.1, 0.15) is 13.2 Å². The second-order valence-corrected chi connectivity index (χ2v) is 7.83. The largest absolute Gasteiger partial charge is 0.445 e. The Morgan fingerprint density at radius 1 is 0.706 bits per heavy atom. The third-order valence-corrected chi connectivity index (χ3v) is 5.13. The number of aliphatic hydroxyl groups is 2. The van der Waals surface area contributed by atoms with Crippen molar-refractivity contribution in [3.05, 3.63) is 71.8 Å². The van der Waals surface area contributed by atoms with E-state index in [1.54, 1.807) is 0 Å². The van der Waals surface area contributed by atoms with Crippen LogP contribution in [0.25, 0.3) is 0 Å². The minimum absolute atomic E-state index is 0.219. The third kappa shape index (κ3) is 8.64. The molecule has 2 saturated heterocycles. The molecule has 4 N–H and O–H groups in total. The average molecular weight is 475 g/mol. The molecule has 0 bridgehead atoms. The lowest BCUT2D eigenvalue weighted by atomic mass is 10.2. The summed E-state index contributed by atoms with van der Waals surface area (Å²) in [7, 11) is 0. The summed E-state index contributed by atoms with van der Waals surface area (Å²) in [5.74, 6) is 0. The Morgan fingerprint density at radius 2 is 1.09 bits per heavy atom. The van der Waals surface area contributed by atoms with Crippen LogP contribution >= 0.6 is 0 Å². The van der Waals surface area contributed by atoms with Crippen molar-refractivity contribution >= 4 is 12.2 Å². The van der Waals surface area contributed by atoms with Gasteiger partial charge in [-0.1, -0.05) is 60.7 Å². The summed E-state index contributed by atoms with van der Waals surface area (Å²) >= 11 is 0. The van der Waals surface area contributed by atoms with E-state index >= 15 is 0 Å². The van der Waals surface area contributed by atoms with Crippen molar-refractivity contribution in [1.29, 1.82) is 0 Å². The number of carbonyl (C=O) groups excluding carboxylic acids is 2. The van der Waals surface area contributed by atoms with E-state index in [-0.39, 0.29) is 38.5 Å². The minimum atomic E-state index is -0.653. The molecule has 34 heavy (non-hydrogen) atoms. The molecule has 10 nitrogen and oxygen atoms in total. The van der Waals surface area contributed by atoms with Crippen LogP contribution in [0.15, 0.2) is 60.7 Å². The Bertz CT molecular complexity index is 810. The molecule has 184 valence electrons. The minimum Gasteiger partial charge on any atom is -0.445 e. The zero-order valence-corrected chi connectivity index (χ0v) is 18.7. The zero-order valence-electron chi connectivity index (χ0n) is 18.7. The van der Waals surface area contributed by atoms with Crippen LogP contribution in [0.4, 0.5) is 9.59 Å². The number of alkyl carbamates (subject to hydrolysis) is 2. The van der Waals surface area contributed by atoms with Crippen molar-refractivity contribution in [1.82, 2.24) is 10.6 Å². The number of ether oxygens (including phenoxy) is 4. The first-order chi connectivity index (χ1) is 16.5. The van der Waals surface area contributed by atoms with Gasteiger partial charge in [0.05, 0.1) is 50.7 Å². The lowest BCUT2D eigenvalue weighted by Gasteiger charge is -2.14. The molecule has 10 heteroatoms. The highest BCUT2D eigenvalue weighted by atomic mass is 16.6. The van der Waals surface area contributed by atoms with Crippen LogP contribution in [0.2, 0.25) is 0 Å². The molecular weight excluding hydrogens is 444 g/mol. The molecule has 0 saturated carbocycles. The molecule has 0 aliphatic carbocycles. The Morgan fingerprint density at radius 3 is 1.41 bits per heavy atom. The summed E-state index contributed by atoms with van der Waals surface area (Å²) in [5, 5.41) is 24.0. The van der Waals surface area contributed by atoms with Crippen LogP contribution in [0, 0.1) is 0 Å². The molecule has 2 aliphatic heterocycles. The molecule has 2 heterocycles. The van der Waals surface area contributed by atoms with E-state index in [1.165, 1.54) is 0 Å². The van der Waals surface area contributed by atoms with Gasteiger partial charge in [-0.2, -0.15) is 0 Å². The zero-order chi connectivity index (χ0) is 24.2. The van der Waals surface area contributed by atoms with Gasteiger partial charge in [0.15, 0.2) is 0 Å². The quantitative estimate of drug-likeness (QED) is 0.493. The van der Waals surface area contributed by atoms with Crippen molar-refractivity contribution < 1.29 is 38.7 Å². The first-order valence-electron chi connectivity index (χ1n) is 11.0. The topological polar surface area (TPSA) is 136 Å². The number of hydrogen-bond donors (Lipinski definition) is 4. The maximum atomic E-state index is 11.4. The van der Waals surface area contributed by atoms with E-state index in [0.29, 0.717) is 13.2 Å². The van der Waals surface area contributed by atoms with E-state index < -0.39 is 24.4 Å². The first kappa shape index (κ1) is 25.4. The molecular formula is C24H30N2O8. The van der Waals surface area contributed by atoms with Crippen LogP contribution in [-0.4, -0.2) is 73.1 Å². The summed E-state index contributed by atoms with van der Waals surface area (Å²) in [6.45, 7) is 1.59. The molecule has 0 unspecified atom stereocenters. The predicted octanol–water partition coefficient (Wildman–Crippen LogP) is 1.34. The summed E-state index contributed by atoms with van der Waals surface area (Å²) < 4.78 is 20.1. The smallest absolute Gasteiger partial charge is 0.407 e. The fourth-order valence-corrected chi connectivity index (χ4v) is 3.19. The van der Waals surface area contributed by atoms with E-state index in [0.717, 1.165) is 11.1 Å². The summed E-state index contributed by atoms with van der Waals surface area (Å²) in [6.07, 6.45) is -2.38. The number of benzene rings is 2. The molecule has 0 spiro atoms. The molecule has 0 radical (unpaired) electrons. The first-order valence-corrected chi connectivity index (χ1v) is 11.0. The van der Waals surface area contributed by atoms with Crippen LogP contribution in [0.5, 0.6) is 0 Å². The van der Waals surface area contributed by atoms with Gasteiger partial charge in [0.2, 0.25) is 0 Å². The van der Waals surface area contributed by atoms with Gasteiger partial charge in [0, 0.05) is 0 Å². The van der Waals surface area contributed by atoms with E-state index in [9.17, 15) is 19.8 Å². The van der Waals surface area contributed by atoms with Crippen molar-refractivity contribution in [3.8, 4) is 0 Å². The molecule has 4 rings (SSSR count). The number of hydrogen-bond acceptors (Lipinski definition) is 8. The Hall–Kier alpha value is -3.18. The van der Waals surface area contributed by atoms with Gasteiger partial charge in [-0.3, -0.25) is 0 Å². The Balaban J connectivity index is 0.000000191. The Kier molecular flexibility index (Phi) is 10.1. The molecule has 4 atom stereocenters. The second-order valence-electron chi connectivity index (χ2n) is 7.83. The van der Waals surface area contributed by atoms with Crippen molar-refractivity contribution in [2.45, 2.75) is 37.5 Å². The number of aliphatic hydroxyl groups excluding tert-OH is 2. The lowest BCUT2D eigenvalue weighted by molar-refractivity contribution is 0.112. The van der Waals surface area contributed by atoms with Gasteiger partial charge in [0.25, 0.3) is 0 Å². The highest BCUT2D eigenvalue weighted by molar-refractivity contribution is 5.68. The van der Waals surface area contributed by atoms with Gasteiger partial charge in [-0.25, -0.2) is 9.59 Å². The van der Waals surface area contributed by atoms with Crippen LogP contribution < -0.4 is 10.6 Å². The van der Waals surface area contributed by atoms with Crippen molar-refractivity contribution in [3.63, 3.8) is 0 Å². The second kappa shape index (κ2) is 13.5. The molecule has 2 aliphatic rings. The lowest BCUT2D eigenvalue weighted by Crippen LogP contribution is -2.42. The summed E-state index contributed by atoms with van der Waals surface area (Å²) in [6, 6.07) is 18.1. The highest BCUT2D eigenvalue weighted by Gasteiger charge is 2.28. The van der Waals surface area contributed by atoms with Crippen LogP contribution in [0.3, 0.4) is 0 Å². The highest BCUT2D eigenvalue weighted by Crippen LogP contribution is 2.07. The molecule has 2 aromatic carbocycles. The fraction of sp³-hybridized carbons (Fsp3) is 0.417. The number of carbonyl (C=O) groups is 2. The number of amides is 2. The van der Waals surface area contributed by atoms with E-state index in [1.807, 2.05) is 60.7 Å².